The monoisotopic (exact) mass is 324 g/mol. The van der Waals surface area contributed by atoms with E-state index in [4.69, 9.17) is 9.15 Å². The summed E-state index contributed by atoms with van der Waals surface area (Å²) in [5.74, 6) is -0.262. The van der Waals surface area contributed by atoms with Crippen molar-refractivity contribution in [2.75, 3.05) is 0 Å². The number of aryl methyl sites for hydroxylation is 1. The Morgan fingerprint density at radius 1 is 1.04 bits per heavy atom. The third-order valence-electron chi connectivity index (χ3n) is 3.57. The molecular formula is C18H16N2O4. The summed E-state index contributed by atoms with van der Waals surface area (Å²) in [4.78, 5) is 12.7. The van der Waals surface area contributed by atoms with E-state index in [1.54, 1.807) is 55.5 Å². The van der Waals surface area contributed by atoms with Gasteiger partial charge in [0.05, 0.1) is 0 Å². The molecule has 0 amide bonds. The molecule has 0 aliphatic rings. The second kappa shape index (κ2) is 6.64. The first kappa shape index (κ1) is 15.9. The Morgan fingerprint density at radius 3 is 2.04 bits per heavy atom. The van der Waals surface area contributed by atoms with E-state index in [1.807, 2.05) is 12.1 Å². The van der Waals surface area contributed by atoms with Crippen LogP contribution >= 0.6 is 0 Å². The predicted octanol–water partition coefficient (Wildman–Crippen LogP) is 2.36. The molecule has 122 valence electrons. The summed E-state index contributed by atoms with van der Waals surface area (Å²) in [6.45, 7) is 1.43. The van der Waals surface area contributed by atoms with Gasteiger partial charge in [-0.05, 0) is 11.1 Å². The zero-order valence-corrected chi connectivity index (χ0v) is 13.0. The van der Waals surface area contributed by atoms with E-state index in [2.05, 4.69) is 10.2 Å². The van der Waals surface area contributed by atoms with Crippen LogP contribution in [0.4, 0.5) is 0 Å². The van der Waals surface area contributed by atoms with Crippen LogP contribution in [-0.2, 0) is 21.7 Å². The number of carbonyl (C=O) groups is 1. The van der Waals surface area contributed by atoms with Gasteiger partial charge in [0.2, 0.25) is 11.5 Å². The van der Waals surface area contributed by atoms with Crippen molar-refractivity contribution in [3.8, 4) is 0 Å². The Labute approximate surface area is 138 Å². The Kier molecular flexibility index (Phi) is 4.39. The van der Waals surface area contributed by atoms with Crippen LogP contribution in [0.15, 0.2) is 65.1 Å². The normalized spacial score (nSPS) is 11.2. The van der Waals surface area contributed by atoms with Gasteiger partial charge in [0.1, 0.15) is 0 Å². The number of hydrogen-bond donors (Lipinski definition) is 1. The highest BCUT2D eigenvalue weighted by Gasteiger charge is 2.41. The highest BCUT2D eigenvalue weighted by atomic mass is 16.6. The number of aromatic nitrogens is 2. The Bertz CT molecular complexity index is 776. The lowest BCUT2D eigenvalue weighted by Gasteiger charge is -2.26. The zero-order chi connectivity index (χ0) is 17.0. The summed E-state index contributed by atoms with van der Waals surface area (Å²) in [5.41, 5.74) is -1.08. The summed E-state index contributed by atoms with van der Waals surface area (Å²) in [7, 11) is 0. The molecule has 0 radical (unpaired) electrons. The van der Waals surface area contributed by atoms with E-state index < -0.39 is 11.6 Å². The van der Waals surface area contributed by atoms with Crippen LogP contribution in [0.2, 0.25) is 0 Å². The minimum Gasteiger partial charge on any atom is -0.453 e. The van der Waals surface area contributed by atoms with Crippen LogP contribution in [0, 0.1) is 6.92 Å². The Balaban J connectivity index is 1.91. The van der Waals surface area contributed by atoms with E-state index in [0.717, 1.165) is 0 Å². The molecule has 24 heavy (non-hydrogen) atoms. The molecule has 0 aliphatic carbocycles. The Morgan fingerprint density at radius 2 is 1.58 bits per heavy atom. The third kappa shape index (κ3) is 3.04. The summed E-state index contributed by atoms with van der Waals surface area (Å²) in [6.07, 6.45) is 0. The van der Waals surface area contributed by atoms with E-state index in [1.165, 1.54) is 0 Å². The van der Waals surface area contributed by atoms with Crippen LogP contribution in [0.25, 0.3) is 0 Å². The molecule has 3 rings (SSSR count). The minimum absolute atomic E-state index is 0.171. The number of rotatable bonds is 5. The average molecular weight is 324 g/mol. The smallest absolute Gasteiger partial charge is 0.348 e. The number of hydrogen-bond acceptors (Lipinski definition) is 6. The van der Waals surface area contributed by atoms with Gasteiger partial charge in [0.15, 0.2) is 6.61 Å². The standard InChI is InChI=1S/C18H16N2O4/c1-13-19-20-16(24-13)12-23-17(21)18(22,14-8-4-2-5-9-14)15-10-6-3-7-11-15/h2-11,22H,12H2,1H3. The quantitative estimate of drug-likeness (QED) is 0.725. The summed E-state index contributed by atoms with van der Waals surface area (Å²) in [6, 6.07) is 17.3. The maximum absolute atomic E-state index is 12.7. The number of ether oxygens (including phenoxy) is 1. The second-order valence-electron chi connectivity index (χ2n) is 5.23. The topological polar surface area (TPSA) is 85.5 Å². The molecule has 6 nitrogen and oxygen atoms in total. The molecule has 6 heteroatoms. The lowest BCUT2D eigenvalue weighted by Crippen LogP contribution is -2.38. The van der Waals surface area contributed by atoms with Gasteiger partial charge in [-0.3, -0.25) is 0 Å². The molecule has 0 fully saturated rings. The number of esters is 1. The molecule has 1 N–H and O–H groups in total. The molecule has 0 bridgehead atoms. The summed E-state index contributed by atoms with van der Waals surface area (Å²) in [5, 5.41) is 18.6. The molecule has 1 heterocycles. The third-order valence-corrected chi connectivity index (χ3v) is 3.57. The molecule has 3 aromatic rings. The van der Waals surface area contributed by atoms with E-state index >= 15 is 0 Å². The molecule has 0 saturated heterocycles. The second-order valence-corrected chi connectivity index (χ2v) is 5.23. The van der Waals surface area contributed by atoms with Gasteiger partial charge in [0.25, 0.3) is 5.89 Å². The van der Waals surface area contributed by atoms with Gasteiger partial charge >= 0.3 is 5.97 Å². The molecule has 0 spiro atoms. The van der Waals surface area contributed by atoms with Crippen LogP contribution < -0.4 is 0 Å². The van der Waals surface area contributed by atoms with Gasteiger partial charge in [-0.2, -0.15) is 0 Å². The first-order valence-corrected chi connectivity index (χ1v) is 7.40. The fraction of sp³-hybridized carbons (Fsp3) is 0.167. The van der Waals surface area contributed by atoms with Gasteiger partial charge in [-0.25, -0.2) is 4.79 Å². The number of nitrogens with zero attached hydrogens (tertiary/aromatic N) is 2. The maximum atomic E-state index is 12.7. The van der Waals surface area contributed by atoms with Crippen molar-refractivity contribution in [3.05, 3.63) is 83.6 Å². The van der Waals surface area contributed by atoms with Crippen molar-refractivity contribution < 1.29 is 19.1 Å². The van der Waals surface area contributed by atoms with Gasteiger partial charge in [0, 0.05) is 6.92 Å². The molecule has 0 atom stereocenters. The Hall–Kier alpha value is -2.99. The van der Waals surface area contributed by atoms with Crippen LogP contribution in [0.1, 0.15) is 22.9 Å². The summed E-state index contributed by atoms with van der Waals surface area (Å²) < 4.78 is 10.4. The van der Waals surface area contributed by atoms with Crippen molar-refractivity contribution >= 4 is 5.97 Å². The van der Waals surface area contributed by atoms with Crippen LogP contribution in [-0.4, -0.2) is 21.3 Å². The first-order valence-electron chi connectivity index (χ1n) is 7.40. The number of benzene rings is 2. The van der Waals surface area contributed by atoms with Crippen molar-refractivity contribution in [1.82, 2.24) is 10.2 Å². The van der Waals surface area contributed by atoms with Crippen molar-refractivity contribution in [2.45, 2.75) is 19.1 Å². The van der Waals surface area contributed by atoms with Crippen molar-refractivity contribution in [2.24, 2.45) is 0 Å². The van der Waals surface area contributed by atoms with Gasteiger partial charge in [-0.15, -0.1) is 10.2 Å². The van der Waals surface area contributed by atoms with E-state index in [-0.39, 0.29) is 12.5 Å². The fourth-order valence-corrected chi connectivity index (χ4v) is 2.39. The molecule has 1 aromatic heterocycles. The lowest BCUT2D eigenvalue weighted by atomic mass is 9.86. The zero-order valence-electron chi connectivity index (χ0n) is 13.0. The molecular weight excluding hydrogens is 308 g/mol. The fourth-order valence-electron chi connectivity index (χ4n) is 2.39. The largest absolute Gasteiger partial charge is 0.453 e. The molecule has 0 aliphatic heterocycles. The predicted molar refractivity (Wildman–Crippen MR) is 84.7 cm³/mol. The van der Waals surface area contributed by atoms with Crippen LogP contribution in [0.3, 0.4) is 0 Å². The molecule has 0 saturated carbocycles. The maximum Gasteiger partial charge on any atom is 0.348 e. The highest BCUT2D eigenvalue weighted by molar-refractivity contribution is 5.85. The highest BCUT2D eigenvalue weighted by Crippen LogP contribution is 2.31. The lowest BCUT2D eigenvalue weighted by molar-refractivity contribution is -0.164. The minimum atomic E-state index is -1.92. The van der Waals surface area contributed by atoms with E-state index in [9.17, 15) is 9.90 Å². The van der Waals surface area contributed by atoms with E-state index in [0.29, 0.717) is 17.0 Å². The van der Waals surface area contributed by atoms with Crippen LogP contribution in [0.5, 0.6) is 0 Å². The molecule has 2 aromatic carbocycles. The van der Waals surface area contributed by atoms with Gasteiger partial charge in [-0.1, -0.05) is 60.7 Å². The number of carbonyl (C=O) groups excluding carboxylic acids is 1. The van der Waals surface area contributed by atoms with Gasteiger partial charge < -0.3 is 14.3 Å². The first-order chi connectivity index (χ1) is 11.6. The molecule has 0 unspecified atom stereocenters. The van der Waals surface area contributed by atoms with Crippen molar-refractivity contribution in [1.29, 1.82) is 0 Å². The van der Waals surface area contributed by atoms with Crippen molar-refractivity contribution in [3.63, 3.8) is 0 Å². The average Bonchev–Trinajstić information content (AvgIpc) is 3.05. The SMILES string of the molecule is Cc1nnc(COC(=O)C(O)(c2ccccc2)c2ccccc2)o1. The number of aliphatic hydroxyl groups is 1. The summed E-state index contributed by atoms with van der Waals surface area (Å²) >= 11 is 0.